The maximum atomic E-state index is 12.6. The van der Waals surface area contributed by atoms with Crippen LogP contribution in [0.5, 0.6) is 0 Å². The average molecular weight is 488 g/mol. The molecule has 1 aliphatic rings. The van der Waals surface area contributed by atoms with Crippen LogP contribution in [0.15, 0.2) is 58.3 Å². The number of nitrogens with zero attached hydrogens (tertiary/aromatic N) is 2. The number of anilines is 1. The summed E-state index contributed by atoms with van der Waals surface area (Å²) in [6, 6.07) is 11.3. The first-order valence-electron chi connectivity index (χ1n) is 9.30. The summed E-state index contributed by atoms with van der Waals surface area (Å²) in [5, 5.41) is 2.97. The van der Waals surface area contributed by atoms with E-state index >= 15 is 0 Å². The van der Waals surface area contributed by atoms with E-state index in [1.807, 2.05) is 0 Å². The normalized spacial score (nSPS) is 15.7. The highest BCUT2D eigenvalue weighted by atomic mass is 35.5. The fourth-order valence-electron chi connectivity index (χ4n) is 2.92. The van der Waals surface area contributed by atoms with Gasteiger partial charge in [0.1, 0.15) is 0 Å². The van der Waals surface area contributed by atoms with Crippen LogP contribution in [-0.2, 0) is 29.6 Å². The van der Waals surface area contributed by atoms with E-state index < -0.39 is 32.5 Å². The number of ether oxygens (including phenoxy) is 1. The molecular weight excluding hydrogens is 466 g/mol. The number of hydrogen-bond acceptors (Lipinski definition) is 6. The number of benzene rings is 2. The number of morpholine rings is 1. The zero-order chi connectivity index (χ0) is 22.6. The van der Waals surface area contributed by atoms with Crippen molar-refractivity contribution in [3.63, 3.8) is 0 Å². The monoisotopic (exact) mass is 487 g/mol. The predicted molar refractivity (Wildman–Crippen MR) is 116 cm³/mol. The summed E-state index contributed by atoms with van der Waals surface area (Å²) in [5.74, 6) is -0.566. The van der Waals surface area contributed by atoms with E-state index in [-0.39, 0.29) is 22.9 Å². The Bertz CT molecular complexity index is 1130. The average Bonchev–Trinajstić information content (AvgIpc) is 2.75. The number of carbonyl (C=O) groups is 1. The molecule has 0 unspecified atom stereocenters. The summed E-state index contributed by atoms with van der Waals surface area (Å²) in [5.41, 5.74) is 0.350. The Morgan fingerprint density at radius 2 is 1.55 bits per heavy atom. The summed E-state index contributed by atoms with van der Waals surface area (Å²) < 4.78 is 57.8. The van der Waals surface area contributed by atoms with Gasteiger partial charge >= 0.3 is 0 Å². The van der Waals surface area contributed by atoms with Gasteiger partial charge in [-0.3, -0.25) is 4.79 Å². The molecule has 0 atom stereocenters. The highest BCUT2D eigenvalue weighted by molar-refractivity contribution is 7.89. The van der Waals surface area contributed by atoms with Crippen LogP contribution in [-0.4, -0.2) is 71.2 Å². The van der Waals surface area contributed by atoms with Gasteiger partial charge in [-0.1, -0.05) is 11.6 Å². The van der Waals surface area contributed by atoms with E-state index in [0.29, 0.717) is 23.9 Å². The highest BCUT2D eigenvalue weighted by Gasteiger charge is 2.26. The molecule has 1 fully saturated rings. The number of sulfonamides is 2. The quantitative estimate of drug-likeness (QED) is 0.635. The number of nitrogens with one attached hydrogen (secondary N) is 1. The van der Waals surface area contributed by atoms with Gasteiger partial charge in [0, 0.05) is 30.8 Å². The van der Waals surface area contributed by atoms with Crippen LogP contribution < -0.4 is 5.32 Å². The molecule has 0 saturated carbocycles. The van der Waals surface area contributed by atoms with Crippen LogP contribution in [0.25, 0.3) is 0 Å². The Morgan fingerprint density at radius 1 is 1.00 bits per heavy atom. The lowest BCUT2D eigenvalue weighted by Crippen LogP contribution is -2.40. The van der Waals surface area contributed by atoms with Gasteiger partial charge in [-0.15, -0.1) is 0 Å². The smallest absolute Gasteiger partial charge is 0.243 e. The first kappa shape index (κ1) is 23.6. The van der Waals surface area contributed by atoms with Crippen LogP contribution in [0.3, 0.4) is 0 Å². The van der Waals surface area contributed by atoms with E-state index in [4.69, 9.17) is 16.3 Å². The molecule has 0 bridgehead atoms. The van der Waals surface area contributed by atoms with Crippen molar-refractivity contribution < 1.29 is 26.4 Å². The molecule has 1 amide bonds. The zero-order valence-electron chi connectivity index (χ0n) is 16.7. The molecule has 2 aromatic rings. The maximum absolute atomic E-state index is 12.6. The molecule has 3 rings (SSSR count). The summed E-state index contributed by atoms with van der Waals surface area (Å²) in [6.07, 6.45) is 0. The third-order valence-electron chi connectivity index (χ3n) is 4.63. The summed E-state index contributed by atoms with van der Waals surface area (Å²) in [4.78, 5) is 12.4. The van der Waals surface area contributed by atoms with E-state index in [0.717, 1.165) is 4.31 Å². The van der Waals surface area contributed by atoms with Crippen molar-refractivity contribution in [3.8, 4) is 0 Å². The molecular formula is C19H22ClN3O6S2. The van der Waals surface area contributed by atoms with Gasteiger partial charge in [-0.2, -0.15) is 8.61 Å². The molecule has 0 aromatic heterocycles. The summed E-state index contributed by atoms with van der Waals surface area (Å²) >= 11 is 5.78. The molecule has 2 aromatic carbocycles. The Hall–Kier alpha value is -2.02. The van der Waals surface area contributed by atoms with Crippen LogP contribution in [0.1, 0.15) is 0 Å². The molecule has 1 N–H and O–H groups in total. The Balaban J connectivity index is 1.63. The lowest BCUT2D eigenvalue weighted by molar-refractivity contribution is -0.116. The number of amides is 1. The topological polar surface area (TPSA) is 113 Å². The fourth-order valence-corrected chi connectivity index (χ4v) is 5.58. The van der Waals surface area contributed by atoms with Gasteiger partial charge in [0.05, 0.1) is 29.5 Å². The highest BCUT2D eigenvalue weighted by Crippen LogP contribution is 2.20. The summed E-state index contributed by atoms with van der Waals surface area (Å²) in [6.45, 7) is 0.850. The molecule has 0 radical (unpaired) electrons. The third-order valence-corrected chi connectivity index (χ3v) is 8.62. The van der Waals surface area contributed by atoms with Gasteiger partial charge in [0.25, 0.3) is 0 Å². The van der Waals surface area contributed by atoms with Crippen LogP contribution in [0.4, 0.5) is 5.69 Å². The molecule has 1 saturated heterocycles. The number of halogens is 1. The van der Waals surface area contributed by atoms with Crippen molar-refractivity contribution in [2.45, 2.75) is 9.79 Å². The van der Waals surface area contributed by atoms with Crippen molar-refractivity contribution in [2.24, 2.45) is 0 Å². The predicted octanol–water partition coefficient (Wildman–Crippen LogP) is 1.62. The van der Waals surface area contributed by atoms with Crippen LogP contribution in [0.2, 0.25) is 5.02 Å². The Kier molecular flexibility index (Phi) is 7.35. The molecule has 0 aliphatic carbocycles. The second kappa shape index (κ2) is 9.63. The van der Waals surface area contributed by atoms with Crippen molar-refractivity contribution in [2.75, 3.05) is 45.2 Å². The minimum absolute atomic E-state index is 0.0184. The van der Waals surface area contributed by atoms with Crippen molar-refractivity contribution >= 4 is 43.2 Å². The zero-order valence-corrected chi connectivity index (χ0v) is 19.1. The second-order valence-electron chi connectivity index (χ2n) is 6.80. The molecule has 9 nitrogen and oxygen atoms in total. The molecule has 31 heavy (non-hydrogen) atoms. The SMILES string of the molecule is CN(CC(=O)Nc1ccc(S(=O)(=O)N2CCOCC2)cc1)S(=O)(=O)c1ccc(Cl)cc1. The van der Waals surface area contributed by atoms with Crippen molar-refractivity contribution in [1.82, 2.24) is 8.61 Å². The summed E-state index contributed by atoms with van der Waals surface area (Å²) in [7, 11) is -6.21. The van der Waals surface area contributed by atoms with Crippen LogP contribution >= 0.6 is 11.6 Å². The Morgan fingerprint density at radius 3 is 2.13 bits per heavy atom. The van der Waals surface area contributed by atoms with Crippen LogP contribution in [0, 0.1) is 0 Å². The molecule has 0 spiro atoms. The number of hydrogen-bond donors (Lipinski definition) is 1. The molecule has 12 heteroatoms. The van der Waals surface area contributed by atoms with E-state index in [1.54, 1.807) is 0 Å². The lowest BCUT2D eigenvalue weighted by atomic mass is 10.3. The fraction of sp³-hybridized carbons (Fsp3) is 0.316. The first-order chi connectivity index (χ1) is 14.6. The third kappa shape index (κ3) is 5.62. The maximum Gasteiger partial charge on any atom is 0.243 e. The lowest BCUT2D eigenvalue weighted by Gasteiger charge is -2.26. The van der Waals surface area contributed by atoms with Gasteiger partial charge in [-0.05, 0) is 48.5 Å². The minimum Gasteiger partial charge on any atom is -0.379 e. The van der Waals surface area contributed by atoms with E-state index in [2.05, 4.69) is 5.32 Å². The van der Waals surface area contributed by atoms with Gasteiger partial charge in [0.15, 0.2) is 0 Å². The molecule has 168 valence electrons. The standard InChI is InChI=1S/C19H22ClN3O6S2/c1-22(30(25,26)17-6-2-15(20)3-7-17)14-19(24)21-16-4-8-18(9-5-16)31(27,28)23-10-12-29-13-11-23/h2-9H,10-14H2,1H3,(H,21,24). The van der Waals surface area contributed by atoms with Gasteiger partial charge in [-0.25, -0.2) is 16.8 Å². The molecule has 1 heterocycles. The van der Waals surface area contributed by atoms with E-state index in [1.165, 1.54) is 59.9 Å². The number of carbonyl (C=O) groups excluding carboxylic acids is 1. The van der Waals surface area contributed by atoms with Crippen molar-refractivity contribution in [3.05, 3.63) is 53.6 Å². The Labute approximate surface area is 186 Å². The number of rotatable bonds is 7. The molecule has 1 aliphatic heterocycles. The first-order valence-corrected chi connectivity index (χ1v) is 12.6. The van der Waals surface area contributed by atoms with Gasteiger partial charge in [0.2, 0.25) is 26.0 Å². The largest absolute Gasteiger partial charge is 0.379 e. The van der Waals surface area contributed by atoms with Gasteiger partial charge < -0.3 is 10.1 Å². The number of likely N-dealkylation sites (N-methyl/N-ethyl adjacent to an activating group) is 1. The second-order valence-corrected chi connectivity index (χ2v) is 11.2. The van der Waals surface area contributed by atoms with E-state index in [9.17, 15) is 21.6 Å². The minimum atomic E-state index is -3.86. The van der Waals surface area contributed by atoms with Crippen molar-refractivity contribution in [1.29, 1.82) is 0 Å².